The fourth-order valence-electron chi connectivity index (χ4n) is 2.57. The highest BCUT2D eigenvalue weighted by Crippen LogP contribution is 2.18. The molecule has 0 saturated heterocycles. The Bertz CT molecular complexity index is 491. The minimum Gasteiger partial charge on any atom is -0.287 e. The van der Waals surface area contributed by atoms with Crippen molar-refractivity contribution in [2.24, 2.45) is 0 Å². The van der Waals surface area contributed by atoms with E-state index < -0.39 is 0 Å². The van der Waals surface area contributed by atoms with Gasteiger partial charge in [0.25, 0.3) is 0 Å². The van der Waals surface area contributed by atoms with Crippen LogP contribution >= 0.6 is 0 Å². The van der Waals surface area contributed by atoms with E-state index in [1.54, 1.807) is 24.3 Å². The number of hydrogen-bond acceptors (Lipinski definition) is 6. The van der Waals surface area contributed by atoms with Crippen molar-refractivity contribution in [2.75, 3.05) is 0 Å². The number of benzene rings is 1. The normalized spacial score (nSPS) is 10.4. The van der Waals surface area contributed by atoms with E-state index in [9.17, 15) is 9.59 Å². The Morgan fingerprint density at radius 3 is 1.32 bits per heavy atom. The lowest BCUT2D eigenvalue weighted by Gasteiger charge is -2.06. The smallest absolute Gasteiger partial charge is 0.287 e. The Morgan fingerprint density at radius 2 is 0.964 bits per heavy atom. The Morgan fingerprint density at radius 1 is 0.607 bits per heavy atom. The number of unbranched alkanes of at least 4 members (excludes halogenated alkanes) is 8. The molecule has 158 valence electrons. The SMILES string of the molecule is CCCCCCCC(=O)OOc1ccc(OOC(=O)CCCCCCC)cc1. The first-order valence-electron chi connectivity index (χ1n) is 10.5. The maximum absolute atomic E-state index is 11.6. The first-order chi connectivity index (χ1) is 13.7. The second-order valence-corrected chi connectivity index (χ2v) is 6.88. The van der Waals surface area contributed by atoms with Gasteiger partial charge in [0.15, 0.2) is 11.5 Å². The summed E-state index contributed by atoms with van der Waals surface area (Å²) in [4.78, 5) is 42.8. The van der Waals surface area contributed by atoms with Gasteiger partial charge in [0.2, 0.25) is 0 Å². The monoisotopic (exact) mass is 394 g/mol. The molecule has 0 aliphatic heterocycles. The van der Waals surface area contributed by atoms with Crippen molar-refractivity contribution in [3.63, 3.8) is 0 Å². The van der Waals surface area contributed by atoms with Gasteiger partial charge in [-0.1, -0.05) is 65.2 Å². The van der Waals surface area contributed by atoms with Crippen molar-refractivity contribution in [3.8, 4) is 11.5 Å². The number of carbonyl (C=O) groups excluding carboxylic acids is 2. The lowest BCUT2D eigenvalue weighted by molar-refractivity contribution is -0.215. The second-order valence-electron chi connectivity index (χ2n) is 6.88. The van der Waals surface area contributed by atoms with E-state index in [2.05, 4.69) is 13.8 Å². The van der Waals surface area contributed by atoms with Gasteiger partial charge in [-0.2, -0.15) is 0 Å². The highest BCUT2D eigenvalue weighted by atomic mass is 17.2. The standard InChI is InChI=1S/C22H34O6/c1-3-5-7-9-11-13-21(23)27-25-19-15-17-20(18-16-19)26-28-22(24)14-12-10-8-6-4-2/h15-18H,3-14H2,1-2H3. The fraction of sp³-hybridized carbons (Fsp3) is 0.636. The maximum atomic E-state index is 11.6. The molecular weight excluding hydrogens is 360 g/mol. The van der Waals surface area contributed by atoms with Gasteiger partial charge in [-0.3, -0.25) is 19.6 Å². The Balaban J connectivity index is 2.15. The van der Waals surface area contributed by atoms with Gasteiger partial charge in [-0.25, -0.2) is 9.59 Å². The Labute approximate surface area is 168 Å². The van der Waals surface area contributed by atoms with Crippen LogP contribution in [0.4, 0.5) is 0 Å². The third kappa shape index (κ3) is 12.2. The van der Waals surface area contributed by atoms with Gasteiger partial charge >= 0.3 is 11.9 Å². The zero-order valence-electron chi connectivity index (χ0n) is 17.2. The number of carbonyl (C=O) groups is 2. The van der Waals surface area contributed by atoms with Crippen LogP contribution in [0.5, 0.6) is 11.5 Å². The van der Waals surface area contributed by atoms with E-state index in [-0.39, 0.29) is 11.9 Å². The van der Waals surface area contributed by atoms with E-state index in [0.717, 1.165) is 38.5 Å². The van der Waals surface area contributed by atoms with Crippen LogP contribution in [0.15, 0.2) is 24.3 Å². The fourth-order valence-corrected chi connectivity index (χ4v) is 2.57. The number of rotatable bonds is 16. The van der Waals surface area contributed by atoms with Gasteiger partial charge in [0, 0.05) is 0 Å². The third-order valence-corrected chi connectivity index (χ3v) is 4.25. The third-order valence-electron chi connectivity index (χ3n) is 4.25. The summed E-state index contributed by atoms with van der Waals surface area (Å²) in [5, 5.41) is 0. The van der Waals surface area contributed by atoms with E-state index in [4.69, 9.17) is 19.6 Å². The molecule has 28 heavy (non-hydrogen) atoms. The van der Waals surface area contributed by atoms with Gasteiger partial charge in [-0.15, -0.1) is 0 Å². The van der Waals surface area contributed by atoms with Crippen molar-refractivity contribution < 1.29 is 29.1 Å². The van der Waals surface area contributed by atoms with Crippen LogP contribution in [0, 0.1) is 0 Å². The highest BCUT2D eigenvalue weighted by Gasteiger charge is 2.08. The predicted octanol–water partition coefficient (Wildman–Crippen LogP) is 6.08. The molecule has 0 bridgehead atoms. The summed E-state index contributed by atoms with van der Waals surface area (Å²) in [6.07, 6.45) is 11.3. The molecule has 6 nitrogen and oxygen atoms in total. The molecule has 1 rings (SSSR count). The summed E-state index contributed by atoms with van der Waals surface area (Å²) >= 11 is 0. The van der Waals surface area contributed by atoms with Crippen LogP contribution in [0.1, 0.15) is 90.9 Å². The van der Waals surface area contributed by atoms with Crippen molar-refractivity contribution in [1.82, 2.24) is 0 Å². The van der Waals surface area contributed by atoms with Crippen molar-refractivity contribution in [3.05, 3.63) is 24.3 Å². The summed E-state index contributed by atoms with van der Waals surface area (Å²) in [5.41, 5.74) is 0. The largest absolute Gasteiger partial charge is 0.355 e. The molecule has 0 N–H and O–H groups in total. The van der Waals surface area contributed by atoms with Crippen LogP contribution in [0.2, 0.25) is 0 Å². The maximum Gasteiger partial charge on any atom is 0.355 e. The van der Waals surface area contributed by atoms with Crippen molar-refractivity contribution in [1.29, 1.82) is 0 Å². The van der Waals surface area contributed by atoms with Crippen LogP contribution in [-0.4, -0.2) is 11.9 Å². The Hall–Kier alpha value is -2.24. The summed E-state index contributed by atoms with van der Waals surface area (Å²) in [7, 11) is 0. The summed E-state index contributed by atoms with van der Waals surface area (Å²) in [6.45, 7) is 4.30. The molecule has 0 fully saturated rings. The first kappa shape index (κ1) is 23.8. The summed E-state index contributed by atoms with van der Waals surface area (Å²) in [5.74, 6) is -0.0303. The van der Waals surface area contributed by atoms with Gasteiger partial charge < -0.3 is 0 Å². The zero-order valence-corrected chi connectivity index (χ0v) is 17.2. The summed E-state index contributed by atoms with van der Waals surface area (Å²) < 4.78 is 0. The molecule has 1 aromatic carbocycles. The van der Waals surface area contributed by atoms with Gasteiger partial charge in [0.1, 0.15) is 0 Å². The highest BCUT2D eigenvalue weighted by molar-refractivity contribution is 5.69. The van der Waals surface area contributed by atoms with Crippen LogP contribution in [0.3, 0.4) is 0 Å². The average molecular weight is 395 g/mol. The average Bonchev–Trinajstić information content (AvgIpc) is 2.71. The molecule has 0 saturated carbocycles. The van der Waals surface area contributed by atoms with Gasteiger partial charge in [-0.05, 0) is 37.1 Å². The van der Waals surface area contributed by atoms with Crippen molar-refractivity contribution >= 4 is 11.9 Å². The van der Waals surface area contributed by atoms with Crippen LogP contribution in [0.25, 0.3) is 0 Å². The van der Waals surface area contributed by atoms with Gasteiger partial charge in [0.05, 0.1) is 12.8 Å². The molecule has 0 aromatic heterocycles. The molecule has 0 unspecified atom stereocenters. The molecule has 0 aliphatic carbocycles. The quantitative estimate of drug-likeness (QED) is 0.192. The lowest BCUT2D eigenvalue weighted by Crippen LogP contribution is -2.08. The molecule has 0 spiro atoms. The minimum absolute atomic E-state index is 0.347. The van der Waals surface area contributed by atoms with Crippen molar-refractivity contribution in [2.45, 2.75) is 90.9 Å². The summed E-state index contributed by atoms with van der Waals surface area (Å²) in [6, 6.07) is 6.29. The zero-order chi connectivity index (χ0) is 20.5. The molecule has 0 heterocycles. The lowest BCUT2D eigenvalue weighted by atomic mass is 10.1. The molecule has 1 aromatic rings. The minimum atomic E-state index is -0.385. The molecular formula is C22H34O6. The molecule has 6 heteroatoms. The van der Waals surface area contributed by atoms with E-state index in [0.29, 0.717) is 24.3 Å². The second kappa shape index (κ2) is 15.8. The molecule has 0 amide bonds. The van der Waals surface area contributed by atoms with E-state index >= 15 is 0 Å². The van der Waals surface area contributed by atoms with Crippen LogP contribution < -0.4 is 9.78 Å². The van der Waals surface area contributed by atoms with E-state index in [1.165, 1.54) is 25.7 Å². The number of hydrogen-bond donors (Lipinski definition) is 0. The topological polar surface area (TPSA) is 71.1 Å². The van der Waals surface area contributed by atoms with E-state index in [1.807, 2.05) is 0 Å². The molecule has 0 radical (unpaired) electrons. The predicted molar refractivity (Wildman–Crippen MR) is 107 cm³/mol. The first-order valence-corrected chi connectivity index (χ1v) is 10.5. The van der Waals surface area contributed by atoms with Crippen LogP contribution in [-0.2, 0) is 19.4 Å². The Kier molecular flexibility index (Phi) is 13.4. The molecule has 0 atom stereocenters. The molecule has 0 aliphatic rings.